The van der Waals surface area contributed by atoms with Gasteiger partial charge in [-0.15, -0.1) is 12.4 Å². The van der Waals surface area contributed by atoms with E-state index in [0.29, 0.717) is 6.04 Å². The van der Waals surface area contributed by atoms with E-state index in [1.54, 1.807) is 0 Å². The number of halogens is 1. The number of piperidine rings is 3. The summed E-state index contributed by atoms with van der Waals surface area (Å²) in [7, 11) is 0. The second kappa shape index (κ2) is 8.59. The van der Waals surface area contributed by atoms with E-state index in [1.165, 1.54) is 44.3 Å². The first-order chi connectivity index (χ1) is 10.3. The van der Waals surface area contributed by atoms with E-state index in [-0.39, 0.29) is 12.4 Å². The molecule has 0 saturated carbocycles. The van der Waals surface area contributed by atoms with Gasteiger partial charge in [-0.25, -0.2) is 0 Å². The predicted octanol–water partition coefficient (Wildman–Crippen LogP) is 4.78. The van der Waals surface area contributed by atoms with E-state index in [0.717, 1.165) is 24.7 Å². The Morgan fingerprint density at radius 1 is 1.18 bits per heavy atom. The van der Waals surface area contributed by atoms with Gasteiger partial charge in [0.15, 0.2) is 0 Å². The highest BCUT2D eigenvalue weighted by atomic mass is 35.5. The molecule has 22 heavy (non-hydrogen) atoms. The van der Waals surface area contributed by atoms with Crippen LogP contribution in [0.4, 0.5) is 0 Å². The third-order valence-electron chi connectivity index (χ3n) is 4.85. The number of benzene rings is 1. The highest BCUT2D eigenvalue weighted by molar-refractivity contribution is 5.85. The lowest BCUT2D eigenvalue weighted by atomic mass is 9.83. The Bertz CT molecular complexity index is 463. The van der Waals surface area contributed by atoms with Crippen molar-refractivity contribution in [2.75, 3.05) is 19.7 Å². The molecule has 0 aliphatic carbocycles. The molecule has 0 aromatic heterocycles. The fourth-order valence-corrected chi connectivity index (χ4v) is 3.44. The standard InChI is InChI=1S/C19H27NO.ClH/c1-2-3-14-21-19-8-5-16(6-9-19)4-7-18-15-17-10-12-20(18)13-11-17;/h4-9,17-18H,2-3,10-15H2,1H3;1H/b7-4+;. The van der Waals surface area contributed by atoms with Crippen molar-refractivity contribution in [1.82, 2.24) is 4.90 Å². The van der Waals surface area contributed by atoms with Crippen molar-refractivity contribution in [3.63, 3.8) is 0 Å². The molecule has 4 rings (SSSR count). The zero-order chi connectivity index (χ0) is 14.5. The van der Waals surface area contributed by atoms with Crippen LogP contribution in [0.15, 0.2) is 30.3 Å². The molecule has 1 aromatic carbocycles. The van der Waals surface area contributed by atoms with Crippen molar-refractivity contribution in [1.29, 1.82) is 0 Å². The average molecular weight is 322 g/mol. The van der Waals surface area contributed by atoms with Gasteiger partial charge < -0.3 is 4.74 Å². The van der Waals surface area contributed by atoms with Crippen molar-refractivity contribution in [3.05, 3.63) is 35.9 Å². The van der Waals surface area contributed by atoms with Gasteiger partial charge in [0.2, 0.25) is 0 Å². The Balaban J connectivity index is 0.00000176. The largest absolute Gasteiger partial charge is 0.494 e. The maximum Gasteiger partial charge on any atom is 0.119 e. The number of hydrogen-bond acceptors (Lipinski definition) is 2. The Morgan fingerprint density at radius 2 is 1.91 bits per heavy atom. The van der Waals surface area contributed by atoms with Crippen LogP contribution < -0.4 is 4.74 Å². The van der Waals surface area contributed by atoms with E-state index in [4.69, 9.17) is 4.74 Å². The molecule has 122 valence electrons. The summed E-state index contributed by atoms with van der Waals surface area (Å²) in [4.78, 5) is 2.64. The molecule has 0 spiro atoms. The van der Waals surface area contributed by atoms with Crippen LogP contribution in [-0.4, -0.2) is 30.6 Å². The summed E-state index contributed by atoms with van der Waals surface area (Å²) >= 11 is 0. The Morgan fingerprint density at radius 3 is 2.50 bits per heavy atom. The second-order valence-corrected chi connectivity index (χ2v) is 6.41. The molecule has 3 heteroatoms. The lowest BCUT2D eigenvalue weighted by Gasteiger charge is -2.44. The summed E-state index contributed by atoms with van der Waals surface area (Å²) in [5.41, 5.74) is 1.28. The summed E-state index contributed by atoms with van der Waals surface area (Å²) in [6, 6.07) is 9.16. The summed E-state index contributed by atoms with van der Waals surface area (Å²) in [6.07, 6.45) is 11.2. The number of hydrogen-bond donors (Lipinski definition) is 0. The number of fused-ring (bicyclic) bond motifs is 3. The van der Waals surface area contributed by atoms with Crippen molar-refractivity contribution >= 4 is 18.5 Å². The van der Waals surface area contributed by atoms with Crippen molar-refractivity contribution in [2.45, 2.75) is 45.1 Å². The van der Waals surface area contributed by atoms with Gasteiger partial charge in [0.05, 0.1) is 6.61 Å². The van der Waals surface area contributed by atoms with E-state index in [1.807, 2.05) is 0 Å². The molecule has 1 unspecified atom stereocenters. The van der Waals surface area contributed by atoms with Crippen LogP contribution in [0.5, 0.6) is 5.75 Å². The van der Waals surface area contributed by atoms with Crippen LogP contribution in [0.2, 0.25) is 0 Å². The van der Waals surface area contributed by atoms with Gasteiger partial charge in [0, 0.05) is 6.04 Å². The molecule has 1 atom stereocenters. The van der Waals surface area contributed by atoms with Gasteiger partial charge in [0.1, 0.15) is 5.75 Å². The summed E-state index contributed by atoms with van der Waals surface area (Å²) < 4.78 is 5.70. The van der Waals surface area contributed by atoms with Gasteiger partial charge in [-0.1, -0.05) is 37.6 Å². The Kier molecular flexibility index (Phi) is 6.78. The van der Waals surface area contributed by atoms with E-state index in [9.17, 15) is 0 Å². The highest BCUT2D eigenvalue weighted by Gasteiger charge is 2.31. The maximum absolute atomic E-state index is 5.70. The van der Waals surface area contributed by atoms with E-state index >= 15 is 0 Å². The van der Waals surface area contributed by atoms with Crippen LogP contribution in [0.1, 0.15) is 44.6 Å². The molecule has 0 N–H and O–H groups in total. The van der Waals surface area contributed by atoms with Gasteiger partial charge >= 0.3 is 0 Å². The molecule has 2 nitrogen and oxygen atoms in total. The van der Waals surface area contributed by atoms with E-state index < -0.39 is 0 Å². The normalized spacial score (nSPS) is 26.9. The smallest absolute Gasteiger partial charge is 0.119 e. The Hall–Kier alpha value is -0.990. The zero-order valence-electron chi connectivity index (χ0n) is 13.5. The molecule has 3 saturated heterocycles. The van der Waals surface area contributed by atoms with Crippen molar-refractivity contribution in [3.8, 4) is 5.75 Å². The second-order valence-electron chi connectivity index (χ2n) is 6.41. The fraction of sp³-hybridized carbons (Fsp3) is 0.579. The molecular formula is C19H28ClNO. The fourth-order valence-electron chi connectivity index (χ4n) is 3.44. The molecule has 1 aromatic rings. The average Bonchev–Trinajstić information content (AvgIpc) is 2.55. The molecule has 0 amide bonds. The summed E-state index contributed by atoms with van der Waals surface area (Å²) in [5.74, 6) is 1.96. The third kappa shape index (κ3) is 4.50. The SMILES string of the molecule is CCCCOc1ccc(/C=C/C2CC3CCN2CC3)cc1.Cl. The zero-order valence-corrected chi connectivity index (χ0v) is 14.4. The maximum atomic E-state index is 5.70. The minimum Gasteiger partial charge on any atom is -0.494 e. The number of ether oxygens (including phenoxy) is 1. The van der Waals surface area contributed by atoms with Crippen LogP contribution in [0.25, 0.3) is 6.08 Å². The minimum absolute atomic E-state index is 0. The molecule has 3 heterocycles. The van der Waals surface area contributed by atoms with Gasteiger partial charge in [-0.3, -0.25) is 4.90 Å². The number of unbranched alkanes of at least 4 members (excludes halogenated alkanes) is 1. The van der Waals surface area contributed by atoms with Crippen molar-refractivity contribution in [2.24, 2.45) is 5.92 Å². The molecule has 0 radical (unpaired) electrons. The summed E-state index contributed by atoms with van der Waals surface area (Å²) in [5, 5.41) is 0. The molecule has 3 fully saturated rings. The minimum atomic E-state index is 0. The molecule has 3 aliphatic rings. The lowest BCUT2D eigenvalue weighted by molar-refractivity contribution is 0.0740. The van der Waals surface area contributed by atoms with Gasteiger partial charge in [-0.2, -0.15) is 0 Å². The highest BCUT2D eigenvalue weighted by Crippen LogP contribution is 2.32. The number of rotatable bonds is 6. The van der Waals surface area contributed by atoms with Gasteiger partial charge in [-0.05, 0) is 62.4 Å². The molecular weight excluding hydrogens is 294 g/mol. The monoisotopic (exact) mass is 321 g/mol. The summed E-state index contributed by atoms with van der Waals surface area (Å²) in [6.45, 7) is 5.60. The Labute approximate surface area is 141 Å². The molecule has 2 bridgehead atoms. The van der Waals surface area contributed by atoms with Crippen LogP contribution in [0.3, 0.4) is 0 Å². The number of nitrogens with zero attached hydrogens (tertiary/aromatic N) is 1. The van der Waals surface area contributed by atoms with Gasteiger partial charge in [0.25, 0.3) is 0 Å². The van der Waals surface area contributed by atoms with E-state index in [2.05, 4.69) is 48.2 Å². The first-order valence-corrected chi connectivity index (χ1v) is 8.50. The van der Waals surface area contributed by atoms with Crippen LogP contribution in [0, 0.1) is 5.92 Å². The first-order valence-electron chi connectivity index (χ1n) is 8.50. The van der Waals surface area contributed by atoms with Crippen molar-refractivity contribution < 1.29 is 4.74 Å². The van der Waals surface area contributed by atoms with Crippen LogP contribution in [-0.2, 0) is 0 Å². The first kappa shape index (κ1) is 17.4. The lowest BCUT2D eigenvalue weighted by Crippen LogP contribution is -2.47. The third-order valence-corrected chi connectivity index (χ3v) is 4.85. The van der Waals surface area contributed by atoms with Crippen LogP contribution >= 0.6 is 12.4 Å². The predicted molar refractivity (Wildman–Crippen MR) is 95.8 cm³/mol. The quantitative estimate of drug-likeness (QED) is 0.699. The topological polar surface area (TPSA) is 12.5 Å². The molecule has 3 aliphatic heterocycles.